The lowest BCUT2D eigenvalue weighted by Crippen LogP contribution is -2.38. The van der Waals surface area contributed by atoms with E-state index in [0.29, 0.717) is 12.1 Å². The molecular weight excluding hydrogens is 206 g/mol. The fourth-order valence-electron chi connectivity index (χ4n) is 1.56. The number of likely N-dealkylation sites (N-methyl/N-ethyl adjacent to an activating group) is 1. The van der Waals surface area contributed by atoms with Gasteiger partial charge in [0.1, 0.15) is 12.3 Å². The Labute approximate surface area is 94.5 Å². The second-order valence-electron chi connectivity index (χ2n) is 3.51. The average molecular weight is 221 g/mol. The SMILES string of the molecule is CCN(c1ccc(C=O)cc1)C(C)C(=O)O. The topological polar surface area (TPSA) is 57.6 Å². The molecule has 0 fully saturated rings. The summed E-state index contributed by atoms with van der Waals surface area (Å²) in [5.74, 6) is -0.860. The molecule has 86 valence electrons. The highest BCUT2D eigenvalue weighted by Gasteiger charge is 2.19. The lowest BCUT2D eigenvalue weighted by atomic mass is 10.2. The molecule has 0 aliphatic carbocycles. The van der Waals surface area contributed by atoms with E-state index in [-0.39, 0.29) is 0 Å². The van der Waals surface area contributed by atoms with Crippen LogP contribution in [-0.2, 0) is 4.79 Å². The molecule has 0 saturated carbocycles. The molecule has 0 heterocycles. The number of benzene rings is 1. The normalized spacial score (nSPS) is 11.9. The first-order valence-electron chi connectivity index (χ1n) is 5.14. The number of carbonyl (C=O) groups excluding carboxylic acids is 1. The van der Waals surface area contributed by atoms with Gasteiger partial charge in [0.25, 0.3) is 0 Å². The number of carboxylic acids is 1. The van der Waals surface area contributed by atoms with Gasteiger partial charge < -0.3 is 10.0 Å². The van der Waals surface area contributed by atoms with E-state index < -0.39 is 12.0 Å². The Morgan fingerprint density at radius 2 is 2.00 bits per heavy atom. The van der Waals surface area contributed by atoms with Crippen molar-refractivity contribution in [2.24, 2.45) is 0 Å². The summed E-state index contributed by atoms with van der Waals surface area (Å²) in [4.78, 5) is 23.2. The van der Waals surface area contributed by atoms with Gasteiger partial charge in [0.2, 0.25) is 0 Å². The van der Waals surface area contributed by atoms with Crippen LogP contribution in [0.25, 0.3) is 0 Å². The van der Waals surface area contributed by atoms with Gasteiger partial charge in [0, 0.05) is 17.8 Å². The molecule has 1 atom stereocenters. The zero-order chi connectivity index (χ0) is 12.1. The molecule has 1 aromatic rings. The van der Waals surface area contributed by atoms with Gasteiger partial charge in [-0.2, -0.15) is 0 Å². The molecule has 0 saturated heterocycles. The van der Waals surface area contributed by atoms with Gasteiger partial charge in [0.15, 0.2) is 0 Å². The Bertz CT molecular complexity index is 372. The first-order valence-corrected chi connectivity index (χ1v) is 5.14. The highest BCUT2D eigenvalue weighted by Crippen LogP contribution is 2.17. The molecule has 1 rings (SSSR count). The highest BCUT2D eigenvalue weighted by atomic mass is 16.4. The fraction of sp³-hybridized carbons (Fsp3) is 0.333. The molecular formula is C12H15NO3. The molecule has 0 aliphatic heterocycles. The summed E-state index contributed by atoms with van der Waals surface area (Å²) in [5, 5.41) is 8.95. The Morgan fingerprint density at radius 3 is 2.38 bits per heavy atom. The first kappa shape index (κ1) is 12.2. The summed E-state index contributed by atoms with van der Waals surface area (Å²) in [7, 11) is 0. The monoisotopic (exact) mass is 221 g/mol. The average Bonchev–Trinajstić information content (AvgIpc) is 2.30. The number of anilines is 1. The maximum atomic E-state index is 10.9. The molecule has 0 bridgehead atoms. The van der Waals surface area contributed by atoms with Crippen LogP contribution >= 0.6 is 0 Å². The van der Waals surface area contributed by atoms with Crippen LogP contribution < -0.4 is 4.90 Å². The number of hydrogen-bond donors (Lipinski definition) is 1. The van der Waals surface area contributed by atoms with Crippen LogP contribution in [0.2, 0.25) is 0 Å². The molecule has 0 amide bonds. The molecule has 0 aromatic heterocycles. The van der Waals surface area contributed by atoms with E-state index in [1.54, 1.807) is 36.1 Å². The maximum absolute atomic E-state index is 10.9. The second kappa shape index (κ2) is 5.30. The third-order valence-electron chi connectivity index (χ3n) is 2.53. The van der Waals surface area contributed by atoms with E-state index >= 15 is 0 Å². The van der Waals surface area contributed by atoms with Gasteiger partial charge in [-0.25, -0.2) is 4.79 Å². The van der Waals surface area contributed by atoms with E-state index in [1.165, 1.54) is 0 Å². The molecule has 0 radical (unpaired) electrons. The van der Waals surface area contributed by atoms with E-state index in [0.717, 1.165) is 12.0 Å². The van der Waals surface area contributed by atoms with Crippen molar-refractivity contribution in [3.63, 3.8) is 0 Å². The maximum Gasteiger partial charge on any atom is 0.326 e. The van der Waals surface area contributed by atoms with Crippen molar-refractivity contribution in [1.82, 2.24) is 0 Å². The Kier molecular flexibility index (Phi) is 4.05. The lowest BCUT2D eigenvalue weighted by Gasteiger charge is -2.27. The predicted octanol–water partition coefficient (Wildman–Crippen LogP) is 1.80. The van der Waals surface area contributed by atoms with E-state index in [4.69, 9.17) is 5.11 Å². The van der Waals surface area contributed by atoms with E-state index in [2.05, 4.69) is 0 Å². The highest BCUT2D eigenvalue weighted by molar-refractivity contribution is 5.79. The van der Waals surface area contributed by atoms with Crippen LogP contribution in [0.15, 0.2) is 24.3 Å². The lowest BCUT2D eigenvalue weighted by molar-refractivity contribution is -0.138. The minimum Gasteiger partial charge on any atom is -0.480 e. The van der Waals surface area contributed by atoms with Crippen LogP contribution in [0, 0.1) is 0 Å². The summed E-state index contributed by atoms with van der Waals surface area (Å²) >= 11 is 0. The standard InChI is InChI=1S/C12H15NO3/c1-3-13(9(2)12(15)16)11-6-4-10(8-14)5-7-11/h4-9H,3H2,1-2H3,(H,15,16). The Balaban J connectivity index is 2.94. The third kappa shape index (κ3) is 2.59. The van der Waals surface area contributed by atoms with Gasteiger partial charge in [-0.3, -0.25) is 4.79 Å². The van der Waals surface area contributed by atoms with Crippen molar-refractivity contribution in [3.05, 3.63) is 29.8 Å². The van der Waals surface area contributed by atoms with Crippen molar-refractivity contribution in [1.29, 1.82) is 0 Å². The van der Waals surface area contributed by atoms with Crippen molar-refractivity contribution >= 4 is 17.9 Å². The number of carboxylic acid groups (broad SMARTS) is 1. The van der Waals surface area contributed by atoms with Crippen LogP contribution in [0.3, 0.4) is 0 Å². The molecule has 0 spiro atoms. The molecule has 4 nitrogen and oxygen atoms in total. The van der Waals surface area contributed by atoms with Crippen molar-refractivity contribution in [2.75, 3.05) is 11.4 Å². The van der Waals surface area contributed by atoms with Crippen LogP contribution in [0.4, 0.5) is 5.69 Å². The number of rotatable bonds is 5. The number of carbonyl (C=O) groups is 2. The number of hydrogen-bond acceptors (Lipinski definition) is 3. The van der Waals surface area contributed by atoms with E-state index in [1.807, 2.05) is 6.92 Å². The van der Waals surface area contributed by atoms with Crippen LogP contribution in [0.5, 0.6) is 0 Å². The minimum absolute atomic E-state index is 0.577. The van der Waals surface area contributed by atoms with Gasteiger partial charge in [-0.05, 0) is 38.1 Å². The minimum atomic E-state index is -0.860. The first-order chi connectivity index (χ1) is 7.60. The smallest absolute Gasteiger partial charge is 0.326 e. The largest absolute Gasteiger partial charge is 0.480 e. The van der Waals surface area contributed by atoms with Crippen molar-refractivity contribution in [3.8, 4) is 0 Å². The summed E-state index contributed by atoms with van der Waals surface area (Å²) < 4.78 is 0. The number of nitrogens with zero attached hydrogens (tertiary/aromatic N) is 1. The van der Waals surface area contributed by atoms with Crippen molar-refractivity contribution in [2.45, 2.75) is 19.9 Å². The zero-order valence-corrected chi connectivity index (χ0v) is 9.38. The van der Waals surface area contributed by atoms with Gasteiger partial charge in [-0.1, -0.05) is 0 Å². The van der Waals surface area contributed by atoms with Gasteiger partial charge in [0.05, 0.1) is 0 Å². The predicted molar refractivity (Wildman–Crippen MR) is 61.9 cm³/mol. The number of aldehydes is 1. The quantitative estimate of drug-likeness (QED) is 0.770. The Hall–Kier alpha value is -1.84. The molecule has 4 heteroatoms. The van der Waals surface area contributed by atoms with Gasteiger partial charge in [-0.15, -0.1) is 0 Å². The summed E-state index contributed by atoms with van der Waals surface area (Å²) in [6.07, 6.45) is 0.765. The third-order valence-corrected chi connectivity index (χ3v) is 2.53. The van der Waals surface area contributed by atoms with Crippen LogP contribution in [-0.4, -0.2) is 29.9 Å². The summed E-state index contributed by atoms with van der Waals surface area (Å²) in [6.45, 7) is 4.14. The molecule has 1 unspecified atom stereocenters. The zero-order valence-electron chi connectivity index (χ0n) is 9.38. The fourth-order valence-corrected chi connectivity index (χ4v) is 1.56. The van der Waals surface area contributed by atoms with E-state index in [9.17, 15) is 9.59 Å². The van der Waals surface area contributed by atoms with Gasteiger partial charge >= 0.3 is 5.97 Å². The molecule has 1 aromatic carbocycles. The van der Waals surface area contributed by atoms with Crippen molar-refractivity contribution < 1.29 is 14.7 Å². The molecule has 0 aliphatic rings. The molecule has 1 N–H and O–H groups in total. The second-order valence-corrected chi connectivity index (χ2v) is 3.51. The summed E-state index contributed by atoms with van der Waals surface area (Å²) in [6, 6.07) is 6.30. The van der Waals surface area contributed by atoms with Crippen LogP contribution in [0.1, 0.15) is 24.2 Å². The molecule has 16 heavy (non-hydrogen) atoms. The Morgan fingerprint density at radius 1 is 1.44 bits per heavy atom. The summed E-state index contributed by atoms with van der Waals surface area (Å²) in [5.41, 5.74) is 1.39. The number of aliphatic carboxylic acids is 1.